The van der Waals surface area contributed by atoms with Crippen molar-refractivity contribution >= 4 is 46.1 Å². The lowest BCUT2D eigenvalue weighted by molar-refractivity contribution is -0.0243. The number of ether oxygens (including phenoxy) is 1. The Kier molecular flexibility index (Phi) is 7.23. The van der Waals surface area contributed by atoms with Crippen molar-refractivity contribution in [3.8, 4) is 0 Å². The largest absolute Gasteiger partial charge is 0.408 e. The molecule has 1 aliphatic heterocycles. The molecule has 0 bridgehead atoms. The number of nitrogen functional groups attached to an aromatic ring is 1. The van der Waals surface area contributed by atoms with Crippen molar-refractivity contribution in [1.29, 1.82) is 0 Å². The van der Waals surface area contributed by atoms with Crippen LogP contribution < -0.4 is 5.73 Å². The number of nitrogens with zero attached hydrogens (tertiary/aromatic N) is 3. The Labute approximate surface area is 206 Å². The van der Waals surface area contributed by atoms with Crippen molar-refractivity contribution in [3.63, 3.8) is 0 Å². The lowest BCUT2D eigenvalue weighted by Gasteiger charge is -2.44. The summed E-state index contributed by atoms with van der Waals surface area (Å²) in [5.41, 5.74) is 6.85. The molecule has 3 heterocycles. The maximum absolute atomic E-state index is 7.06. The number of fused-ring (bicyclic) bond motifs is 1. The molecule has 7 nitrogen and oxygen atoms in total. The van der Waals surface area contributed by atoms with Crippen LogP contribution in [0.25, 0.3) is 11.0 Å². The van der Waals surface area contributed by atoms with Crippen LogP contribution in [0.3, 0.4) is 0 Å². The highest BCUT2D eigenvalue weighted by Crippen LogP contribution is 2.46. The van der Waals surface area contributed by atoms with Gasteiger partial charge in [-0.15, -0.1) is 0 Å². The predicted molar refractivity (Wildman–Crippen MR) is 144 cm³/mol. The molecule has 1 aliphatic rings. The van der Waals surface area contributed by atoms with Gasteiger partial charge in [-0.3, -0.25) is 0 Å². The van der Waals surface area contributed by atoms with Crippen molar-refractivity contribution in [2.45, 2.75) is 102 Å². The molecule has 0 amide bonds. The average molecular weight is 511 g/mol. The number of hydrogen-bond donors (Lipinski definition) is 2. The molecule has 3 rings (SSSR count). The molecule has 2 N–H and O–H groups in total. The first-order chi connectivity index (χ1) is 15.0. The monoisotopic (exact) mass is 510 g/mol. The molecule has 186 valence electrons. The zero-order valence-electron chi connectivity index (χ0n) is 21.8. The van der Waals surface area contributed by atoms with Gasteiger partial charge in [-0.2, -0.15) is 12.6 Å². The fourth-order valence-electron chi connectivity index (χ4n) is 3.58. The summed E-state index contributed by atoms with van der Waals surface area (Å²) in [6, 6.07) is 1.94. The van der Waals surface area contributed by atoms with E-state index in [1.54, 1.807) is 0 Å². The Balaban J connectivity index is 2.10. The van der Waals surface area contributed by atoms with Gasteiger partial charge in [0.25, 0.3) is 0 Å². The number of rotatable bonds is 6. The number of thiol groups is 1. The van der Waals surface area contributed by atoms with E-state index in [0.717, 1.165) is 11.0 Å². The molecule has 1 saturated heterocycles. The van der Waals surface area contributed by atoms with E-state index in [2.05, 4.69) is 90.3 Å². The molecule has 1 fully saturated rings. The zero-order chi connectivity index (χ0) is 25.0. The molecular weight excluding hydrogens is 469 g/mol. The second-order valence-corrected chi connectivity index (χ2v) is 22.0. The van der Waals surface area contributed by atoms with E-state index < -0.39 is 22.9 Å². The molecule has 0 radical (unpaired) electrons. The van der Waals surface area contributed by atoms with Crippen LogP contribution in [0.4, 0.5) is 5.82 Å². The number of hydrogen-bond acceptors (Lipinski definition) is 7. The first-order valence-corrected chi connectivity index (χ1v) is 18.1. The zero-order valence-corrected chi connectivity index (χ0v) is 24.7. The highest BCUT2D eigenvalue weighted by molar-refractivity contribution is 7.80. The van der Waals surface area contributed by atoms with Crippen LogP contribution in [0, 0.1) is 0 Å². The molecule has 0 saturated carbocycles. The molecule has 2 aromatic heterocycles. The van der Waals surface area contributed by atoms with Crippen LogP contribution in [-0.2, 0) is 13.6 Å². The van der Waals surface area contributed by atoms with Crippen LogP contribution in [0.2, 0.25) is 36.3 Å². The predicted octanol–water partition coefficient (Wildman–Crippen LogP) is 5.62. The maximum Gasteiger partial charge on any atom is 0.192 e. The molecule has 10 heteroatoms. The number of nitrogens with two attached hydrogens (primary N) is 1. The molecule has 0 aliphatic carbocycles. The summed E-state index contributed by atoms with van der Waals surface area (Å²) in [5, 5.41) is 0.919. The SMILES string of the molecule is CC(C)(C)[Si](C)(C)O[C@@H]1[C@H](O[Si](C)(C)C(C)(C)C)[C@@H](CS)O[C@H]1n1ccc2c(N)ncnc21. The first-order valence-electron chi connectivity index (χ1n) is 11.7. The Morgan fingerprint density at radius 3 is 2.06 bits per heavy atom. The standard InChI is InChI=1S/C23H42N4O3SSi2/c1-22(2,3)32(7,8)29-17-16(13-31)28-21(18(17)30-33(9,10)23(4,5)6)27-12-11-15-19(24)25-14-26-20(15)27/h11-12,14,16-18,21,31H,13H2,1-10H3,(H2,24,25,26)/t16-,17-,18-,21-/m1/s1. The first kappa shape index (κ1) is 26.7. The molecule has 2 aromatic rings. The van der Waals surface area contributed by atoms with Gasteiger partial charge in [-0.25, -0.2) is 9.97 Å². The molecular formula is C23H42N4O3SSi2. The third-order valence-corrected chi connectivity index (χ3v) is 17.1. The topological polar surface area (TPSA) is 84.4 Å². The van der Waals surface area contributed by atoms with Crippen LogP contribution in [0.15, 0.2) is 18.6 Å². The van der Waals surface area contributed by atoms with Gasteiger partial charge in [-0.1, -0.05) is 41.5 Å². The average Bonchev–Trinajstić information content (AvgIpc) is 3.22. The van der Waals surface area contributed by atoms with Crippen molar-refractivity contribution in [2.75, 3.05) is 11.5 Å². The minimum atomic E-state index is -2.15. The lowest BCUT2D eigenvalue weighted by atomic mass is 10.1. The van der Waals surface area contributed by atoms with Gasteiger partial charge in [0.05, 0.1) is 11.5 Å². The van der Waals surface area contributed by atoms with Crippen LogP contribution in [0.1, 0.15) is 47.8 Å². The summed E-state index contributed by atoms with van der Waals surface area (Å²) in [5.74, 6) is 1.00. The van der Waals surface area contributed by atoms with Crippen molar-refractivity contribution < 1.29 is 13.6 Å². The Hall–Kier alpha value is -0.916. The van der Waals surface area contributed by atoms with Crippen LogP contribution in [-0.4, -0.2) is 55.2 Å². The summed E-state index contributed by atoms with van der Waals surface area (Å²) in [4.78, 5) is 8.65. The van der Waals surface area contributed by atoms with Gasteiger partial charge in [0.15, 0.2) is 22.9 Å². The van der Waals surface area contributed by atoms with Gasteiger partial charge in [-0.05, 0) is 42.3 Å². The smallest absolute Gasteiger partial charge is 0.192 e. The minimum absolute atomic E-state index is 0.0451. The van der Waals surface area contributed by atoms with E-state index in [9.17, 15) is 0 Å². The maximum atomic E-state index is 7.06. The highest BCUT2D eigenvalue weighted by Gasteiger charge is 2.54. The Morgan fingerprint density at radius 2 is 1.55 bits per heavy atom. The minimum Gasteiger partial charge on any atom is -0.408 e. The number of aromatic nitrogens is 3. The normalized spacial score (nSPS) is 25.2. The van der Waals surface area contributed by atoms with Crippen molar-refractivity contribution in [1.82, 2.24) is 14.5 Å². The molecule has 0 unspecified atom stereocenters. The highest BCUT2D eigenvalue weighted by atomic mass is 32.1. The third kappa shape index (κ3) is 5.06. The van der Waals surface area contributed by atoms with Crippen molar-refractivity contribution in [2.24, 2.45) is 0 Å². The van der Waals surface area contributed by atoms with Crippen molar-refractivity contribution in [3.05, 3.63) is 18.6 Å². The summed E-state index contributed by atoms with van der Waals surface area (Å²) in [6.07, 6.45) is 2.36. The summed E-state index contributed by atoms with van der Waals surface area (Å²) >= 11 is 4.65. The summed E-state index contributed by atoms with van der Waals surface area (Å²) < 4.78 is 22.7. The molecule has 0 aromatic carbocycles. The van der Waals surface area contributed by atoms with Gasteiger partial charge >= 0.3 is 0 Å². The second kappa shape index (κ2) is 8.94. The number of anilines is 1. The van der Waals surface area contributed by atoms with Gasteiger partial charge in [0, 0.05) is 11.9 Å². The van der Waals surface area contributed by atoms with Gasteiger partial charge in [0.1, 0.15) is 30.0 Å². The van der Waals surface area contributed by atoms with E-state index in [-0.39, 0.29) is 28.4 Å². The van der Waals surface area contributed by atoms with Gasteiger partial charge < -0.3 is 23.9 Å². The van der Waals surface area contributed by atoms with E-state index in [1.165, 1.54) is 6.33 Å². The Morgan fingerprint density at radius 1 is 1.00 bits per heavy atom. The third-order valence-electron chi connectivity index (χ3n) is 7.75. The fourth-order valence-corrected chi connectivity index (χ4v) is 6.47. The Bertz CT molecular complexity index is 984. The van der Waals surface area contributed by atoms with E-state index in [1.807, 2.05) is 16.8 Å². The quantitative estimate of drug-likeness (QED) is 0.387. The van der Waals surface area contributed by atoms with E-state index in [4.69, 9.17) is 19.3 Å². The van der Waals surface area contributed by atoms with E-state index in [0.29, 0.717) is 11.6 Å². The summed E-state index contributed by atoms with van der Waals surface area (Å²) in [6.45, 7) is 22.6. The summed E-state index contributed by atoms with van der Waals surface area (Å²) in [7, 11) is -4.25. The molecule has 33 heavy (non-hydrogen) atoms. The van der Waals surface area contributed by atoms with Crippen LogP contribution >= 0.6 is 12.6 Å². The lowest BCUT2D eigenvalue weighted by Crippen LogP contribution is -2.53. The second-order valence-electron chi connectivity index (χ2n) is 12.2. The van der Waals surface area contributed by atoms with Gasteiger partial charge in [0.2, 0.25) is 0 Å². The van der Waals surface area contributed by atoms with E-state index >= 15 is 0 Å². The molecule has 0 spiro atoms. The molecule has 4 atom stereocenters. The fraction of sp³-hybridized carbons (Fsp3) is 0.739. The van der Waals surface area contributed by atoms with Crippen LogP contribution in [0.5, 0.6) is 0 Å².